The van der Waals surface area contributed by atoms with Crippen LogP contribution in [0.3, 0.4) is 0 Å². The molecule has 1 aromatic carbocycles. The molecule has 20 heavy (non-hydrogen) atoms. The van der Waals surface area contributed by atoms with E-state index in [2.05, 4.69) is 25.2 Å². The van der Waals surface area contributed by atoms with Gasteiger partial charge in [-0.25, -0.2) is 0 Å². The third kappa shape index (κ3) is 4.33. The topological polar surface area (TPSA) is 45.0 Å². The Balaban J connectivity index is 2.98. The number of rotatable bonds is 7. The Morgan fingerprint density at radius 3 is 2.20 bits per heavy atom. The lowest BCUT2D eigenvalue weighted by atomic mass is 9.91. The van der Waals surface area contributed by atoms with Gasteiger partial charge in [0.25, 0.3) is 0 Å². The van der Waals surface area contributed by atoms with Gasteiger partial charge in [0, 0.05) is 6.04 Å². The van der Waals surface area contributed by atoms with Crippen molar-refractivity contribution in [2.75, 3.05) is 6.61 Å². The molecule has 1 rings (SSSR count). The molecule has 0 saturated carbocycles. The summed E-state index contributed by atoms with van der Waals surface area (Å²) in [6.45, 7) is 10.7. The lowest BCUT2D eigenvalue weighted by molar-refractivity contribution is 0.00585. The molecule has 0 aliphatic heterocycles. The molecule has 0 spiro atoms. The molecule has 3 heteroatoms. The van der Waals surface area contributed by atoms with Gasteiger partial charge in [-0.1, -0.05) is 44.2 Å². The normalized spacial score (nSPS) is 15.9. The van der Waals surface area contributed by atoms with Crippen molar-refractivity contribution in [3.8, 4) is 6.07 Å². The summed E-state index contributed by atoms with van der Waals surface area (Å²) in [5, 5.41) is 13.1. The summed E-state index contributed by atoms with van der Waals surface area (Å²) >= 11 is 0. The van der Waals surface area contributed by atoms with Crippen molar-refractivity contribution in [1.82, 2.24) is 5.32 Å². The van der Waals surface area contributed by atoms with Crippen LogP contribution in [0.25, 0.3) is 0 Å². The molecule has 2 atom stereocenters. The van der Waals surface area contributed by atoms with Crippen LogP contribution in [-0.4, -0.2) is 18.8 Å². The Morgan fingerprint density at radius 2 is 1.75 bits per heavy atom. The summed E-state index contributed by atoms with van der Waals surface area (Å²) < 4.78 is 5.93. The van der Waals surface area contributed by atoms with Crippen molar-refractivity contribution in [3.63, 3.8) is 0 Å². The largest absolute Gasteiger partial charge is 0.375 e. The minimum absolute atomic E-state index is 0.125. The van der Waals surface area contributed by atoms with Crippen LogP contribution in [0.5, 0.6) is 0 Å². The van der Waals surface area contributed by atoms with Crippen LogP contribution in [-0.2, 0) is 10.3 Å². The Bertz CT molecular complexity index is 436. The molecule has 3 nitrogen and oxygen atoms in total. The van der Waals surface area contributed by atoms with Crippen LogP contribution in [0.1, 0.15) is 40.2 Å². The fourth-order valence-electron chi connectivity index (χ4n) is 2.00. The van der Waals surface area contributed by atoms with Crippen molar-refractivity contribution in [2.24, 2.45) is 5.92 Å². The lowest BCUT2D eigenvalue weighted by Crippen LogP contribution is -2.49. The van der Waals surface area contributed by atoms with Crippen LogP contribution in [0.2, 0.25) is 0 Å². The molecular formula is C17H26N2O. The van der Waals surface area contributed by atoms with Crippen molar-refractivity contribution in [1.29, 1.82) is 5.26 Å². The van der Waals surface area contributed by atoms with Crippen molar-refractivity contribution >= 4 is 0 Å². The molecule has 0 amide bonds. The predicted molar refractivity (Wildman–Crippen MR) is 82.3 cm³/mol. The average Bonchev–Trinajstić information content (AvgIpc) is 2.43. The van der Waals surface area contributed by atoms with Crippen LogP contribution >= 0.6 is 0 Å². The van der Waals surface area contributed by atoms with E-state index < -0.39 is 5.54 Å². The Labute approximate surface area is 123 Å². The van der Waals surface area contributed by atoms with Gasteiger partial charge in [-0.05, 0) is 32.3 Å². The van der Waals surface area contributed by atoms with E-state index in [1.165, 1.54) is 0 Å². The molecule has 2 unspecified atom stereocenters. The number of benzene rings is 1. The maximum Gasteiger partial charge on any atom is 0.156 e. The highest BCUT2D eigenvalue weighted by atomic mass is 16.5. The Kier molecular flexibility index (Phi) is 6.19. The fourth-order valence-corrected chi connectivity index (χ4v) is 2.00. The summed E-state index contributed by atoms with van der Waals surface area (Å²) in [6.07, 6.45) is 0.125. The molecule has 1 N–H and O–H groups in total. The van der Waals surface area contributed by atoms with Gasteiger partial charge in [0.15, 0.2) is 5.54 Å². The van der Waals surface area contributed by atoms with E-state index in [0.29, 0.717) is 12.5 Å². The SMILES string of the molecule is CC(C)NC(C#N)(COC(C)C(C)C)c1ccccc1. The molecule has 0 heterocycles. The van der Waals surface area contributed by atoms with Gasteiger partial charge in [-0.2, -0.15) is 5.26 Å². The van der Waals surface area contributed by atoms with Gasteiger partial charge in [-0.15, -0.1) is 0 Å². The second-order valence-corrected chi connectivity index (χ2v) is 5.94. The van der Waals surface area contributed by atoms with Crippen molar-refractivity contribution < 1.29 is 4.74 Å². The highest BCUT2D eigenvalue weighted by molar-refractivity contribution is 5.31. The average molecular weight is 274 g/mol. The molecule has 0 radical (unpaired) electrons. The van der Waals surface area contributed by atoms with Gasteiger partial charge in [-0.3, -0.25) is 5.32 Å². The molecule has 110 valence electrons. The molecule has 1 aromatic rings. The second-order valence-electron chi connectivity index (χ2n) is 5.94. The highest BCUT2D eigenvalue weighted by Gasteiger charge is 2.34. The standard InChI is InChI=1S/C17H26N2O/c1-13(2)15(5)20-12-17(11-18,19-14(3)4)16-9-7-6-8-10-16/h6-10,13-15,19H,12H2,1-5H3. The van der Waals surface area contributed by atoms with Gasteiger partial charge in [0.2, 0.25) is 0 Å². The predicted octanol–water partition coefficient (Wildman–Crippen LogP) is 3.46. The zero-order valence-electron chi connectivity index (χ0n) is 13.2. The molecule has 0 aromatic heterocycles. The first-order valence-electron chi connectivity index (χ1n) is 7.27. The van der Waals surface area contributed by atoms with Gasteiger partial charge in [0.1, 0.15) is 0 Å². The van der Waals surface area contributed by atoms with Gasteiger partial charge < -0.3 is 4.74 Å². The minimum atomic E-state index is -0.793. The van der Waals surface area contributed by atoms with Crippen LogP contribution in [0.15, 0.2) is 30.3 Å². The lowest BCUT2D eigenvalue weighted by Gasteiger charge is -2.32. The van der Waals surface area contributed by atoms with Crippen LogP contribution in [0.4, 0.5) is 0 Å². The third-order valence-corrected chi connectivity index (χ3v) is 3.49. The Hall–Kier alpha value is -1.37. The van der Waals surface area contributed by atoms with E-state index in [1.54, 1.807) is 0 Å². The van der Waals surface area contributed by atoms with Gasteiger partial charge >= 0.3 is 0 Å². The van der Waals surface area contributed by atoms with E-state index in [0.717, 1.165) is 5.56 Å². The maximum atomic E-state index is 9.74. The number of nitrogens with one attached hydrogen (secondary N) is 1. The number of hydrogen-bond donors (Lipinski definition) is 1. The van der Waals surface area contributed by atoms with E-state index in [4.69, 9.17) is 4.74 Å². The minimum Gasteiger partial charge on any atom is -0.375 e. The summed E-state index contributed by atoms with van der Waals surface area (Å²) in [6, 6.07) is 12.4. The molecule has 0 bridgehead atoms. The quantitative estimate of drug-likeness (QED) is 0.828. The summed E-state index contributed by atoms with van der Waals surface area (Å²) in [7, 11) is 0. The zero-order chi connectivity index (χ0) is 15.2. The first kappa shape index (κ1) is 16.7. The first-order chi connectivity index (χ1) is 9.41. The summed E-state index contributed by atoms with van der Waals surface area (Å²) in [5.41, 5.74) is 0.158. The number of ether oxygens (including phenoxy) is 1. The summed E-state index contributed by atoms with van der Waals surface area (Å²) in [4.78, 5) is 0. The Morgan fingerprint density at radius 1 is 1.15 bits per heavy atom. The fraction of sp³-hybridized carbons (Fsp3) is 0.588. The van der Waals surface area contributed by atoms with Gasteiger partial charge in [0.05, 0.1) is 18.8 Å². The number of nitrogens with zero attached hydrogens (tertiary/aromatic N) is 1. The molecule has 0 fully saturated rings. The number of hydrogen-bond acceptors (Lipinski definition) is 3. The van der Waals surface area contributed by atoms with E-state index in [1.807, 2.05) is 51.1 Å². The van der Waals surface area contributed by atoms with Crippen LogP contribution < -0.4 is 5.32 Å². The van der Waals surface area contributed by atoms with E-state index in [9.17, 15) is 5.26 Å². The van der Waals surface area contributed by atoms with E-state index >= 15 is 0 Å². The monoisotopic (exact) mass is 274 g/mol. The smallest absolute Gasteiger partial charge is 0.156 e. The number of nitriles is 1. The first-order valence-corrected chi connectivity index (χ1v) is 7.27. The summed E-state index contributed by atoms with van der Waals surface area (Å²) in [5.74, 6) is 0.432. The van der Waals surface area contributed by atoms with E-state index in [-0.39, 0.29) is 12.1 Å². The zero-order valence-corrected chi connectivity index (χ0v) is 13.2. The molecule has 0 aliphatic carbocycles. The maximum absolute atomic E-state index is 9.74. The molecule has 0 saturated heterocycles. The highest BCUT2D eigenvalue weighted by Crippen LogP contribution is 2.23. The van der Waals surface area contributed by atoms with Crippen LogP contribution in [0, 0.1) is 17.2 Å². The van der Waals surface area contributed by atoms with Crippen molar-refractivity contribution in [2.45, 2.75) is 52.3 Å². The molecule has 0 aliphatic rings. The molecular weight excluding hydrogens is 248 g/mol. The third-order valence-electron chi connectivity index (χ3n) is 3.49. The second kappa shape index (κ2) is 7.42. The van der Waals surface area contributed by atoms with Crippen molar-refractivity contribution in [3.05, 3.63) is 35.9 Å².